The van der Waals surface area contributed by atoms with Gasteiger partial charge in [0, 0.05) is 18.4 Å². The Hall–Kier alpha value is -5.27. The molecule has 4 aliphatic rings. The van der Waals surface area contributed by atoms with Crippen LogP contribution in [0.3, 0.4) is 0 Å². The van der Waals surface area contributed by atoms with Crippen molar-refractivity contribution in [3.05, 3.63) is 132 Å². The number of nitrogens with zero attached hydrogens (tertiary/aromatic N) is 1. The molecule has 0 spiro atoms. The second kappa shape index (κ2) is 7.68. The highest BCUT2D eigenvalue weighted by Gasteiger charge is 2.42. The Labute approximate surface area is 262 Å². The third-order valence-corrected chi connectivity index (χ3v) is 11.7. The largest absolute Gasteiger partial charge is 0.345 e. The molecule has 3 heteroatoms. The van der Waals surface area contributed by atoms with Gasteiger partial charge >= 0.3 is 0 Å². The van der Waals surface area contributed by atoms with Gasteiger partial charge in [-0.1, -0.05) is 131 Å². The number of para-hydroxylation sites is 1. The number of anilines is 2. The summed E-state index contributed by atoms with van der Waals surface area (Å²) in [6.07, 6.45) is 1.01. The first-order valence-corrected chi connectivity index (χ1v) is 16.2. The maximum atomic E-state index is 2.56. The van der Waals surface area contributed by atoms with Crippen molar-refractivity contribution in [3.8, 4) is 22.3 Å². The van der Waals surface area contributed by atoms with E-state index in [1.165, 1.54) is 110 Å². The summed E-state index contributed by atoms with van der Waals surface area (Å²) < 4.78 is 0. The van der Waals surface area contributed by atoms with Gasteiger partial charge in [0.15, 0.2) is 0 Å². The minimum Gasteiger partial charge on any atom is -0.345 e. The van der Waals surface area contributed by atoms with Crippen molar-refractivity contribution in [1.29, 1.82) is 0 Å². The van der Waals surface area contributed by atoms with Gasteiger partial charge < -0.3 is 4.90 Å². The molecule has 1 nitrogen and oxygen atoms in total. The van der Waals surface area contributed by atoms with Crippen molar-refractivity contribution in [2.45, 2.75) is 6.42 Å². The van der Waals surface area contributed by atoms with E-state index in [4.69, 9.17) is 0 Å². The summed E-state index contributed by atoms with van der Waals surface area (Å²) in [5.74, 6) is 0. The van der Waals surface area contributed by atoms with Crippen LogP contribution in [-0.4, -0.2) is 20.5 Å². The van der Waals surface area contributed by atoms with Crippen LogP contribution >= 0.6 is 0 Å². The molecular formula is C42H25B2N. The number of hydrogen-bond donors (Lipinski definition) is 0. The minimum atomic E-state index is 0.214. The molecule has 4 heterocycles. The standard InChI is InChI=1S/C42H25B2N/c1-45-35-14-5-4-13-32(35)44-34-22-25-16-18-27-29-10-6-9-26-20-23-8-2-3-12-31(23)43(41(26)29)33-21-24-17-19-28(30-11-7-15-36(45)42(30)44)40(34)38(24)37(25)39(27)33/h2-19,21-22H,20H2,1H3. The predicted octanol–water partition coefficient (Wildman–Crippen LogP) is 5.56. The Morgan fingerprint density at radius 2 is 1.02 bits per heavy atom. The van der Waals surface area contributed by atoms with Crippen molar-refractivity contribution < 1.29 is 0 Å². The topological polar surface area (TPSA) is 3.24 Å². The molecule has 0 radical (unpaired) electrons. The summed E-state index contributed by atoms with van der Waals surface area (Å²) in [6.45, 7) is 0.476. The maximum absolute atomic E-state index is 2.56. The maximum Gasteiger partial charge on any atom is 0.248 e. The molecule has 0 aliphatic carbocycles. The van der Waals surface area contributed by atoms with E-state index in [-0.39, 0.29) is 13.4 Å². The van der Waals surface area contributed by atoms with Crippen LogP contribution < -0.4 is 37.7 Å². The first-order chi connectivity index (χ1) is 22.3. The molecule has 0 saturated carbocycles. The SMILES string of the molecule is CN1c2ccccc2B2c3c(cccc31)-c1ccc3cc4c5c(ccc6cc2c1c3c65)-c1cccc2c1B4c1ccccc1C2. The molecule has 0 atom stereocenters. The van der Waals surface area contributed by atoms with Gasteiger partial charge in [-0.05, 0) is 95.2 Å². The lowest BCUT2D eigenvalue weighted by molar-refractivity contribution is 1.21. The van der Waals surface area contributed by atoms with E-state index >= 15 is 0 Å². The zero-order chi connectivity index (χ0) is 29.1. The van der Waals surface area contributed by atoms with Crippen LogP contribution in [0.1, 0.15) is 11.1 Å². The highest BCUT2D eigenvalue weighted by atomic mass is 15.1. The Morgan fingerprint density at radius 3 is 1.78 bits per heavy atom. The van der Waals surface area contributed by atoms with Crippen LogP contribution in [0, 0.1) is 0 Å². The molecule has 12 rings (SSSR count). The van der Waals surface area contributed by atoms with Gasteiger partial charge in [-0.25, -0.2) is 0 Å². The molecule has 204 valence electrons. The van der Waals surface area contributed by atoms with E-state index in [1.54, 1.807) is 0 Å². The zero-order valence-electron chi connectivity index (χ0n) is 24.9. The molecule has 0 saturated heterocycles. The van der Waals surface area contributed by atoms with Crippen molar-refractivity contribution in [2.75, 3.05) is 11.9 Å². The Bertz CT molecular complexity index is 2670. The van der Waals surface area contributed by atoms with Crippen LogP contribution in [-0.2, 0) is 6.42 Å². The quantitative estimate of drug-likeness (QED) is 0.172. The molecule has 8 aromatic carbocycles. The monoisotopic (exact) mass is 565 g/mol. The summed E-state index contributed by atoms with van der Waals surface area (Å²) >= 11 is 0. The molecule has 0 aromatic heterocycles. The lowest BCUT2D eigenvalue weighted by Gasteiger charge is -2.39. The average Bonchev–Trinajstić information content (AvgIpc) is 3.09. The highest BCUT2D eigenvalue weighted by Crippen LogP contribution is 2.45. The third kappa shape index (κ3) is 2.56. The van der Waals surface area contributed by atoms with Gasteiger partial charge in [-0.15, -0.1) is 0 Å². The van der Waals surface area contributed by atoms with Crippen LogP contribution in [0.2, 0.25) is 0 Å². The van der Waals surface area contributed by atoms with E-state index in [0.29, 0.717) is 0 Å². The van der Waals surface area contributed by atoms with Crippen LogP contribution in [0.5, 0.6) is 0 Å². The fourth-order valence-corrected chi connectivity index (χ4v) is 10.0. The normalized spacial score (nSPS) is 14.6. The minimum absolute atomic E-state index is 0.214. The van der Waals surface area contributed by atoms with Crippen molar-refractivity contribution in [2.24, 2.45) is 0 Å². The predicted molar refractivity (Wildman–Crippen MR) is 194 cm³/mol. The first kappa shape index (κ1) is 23.2. The van der Waals surface area contributed by atoms with Crippen LogP contribution in [0.25, 0.3) is 54.6 Å². The number of rotatable bonds is 0. The molecule has 8 aromatic rings. The summed E-state index contributed by atoms with van der Waals surface area (Å²) in [5.41, 5.74) is 19.9. The number of hydrogen-bond acceptors (Lipinski definition) is 1. The van der Waals surface area contributed by atoms with Crippen molar-refractivity contribution in [3.63, 3.8) is 0 Å². The molecule has 0 bridgehead atoms. The smallest absolute Gasteiger partial charge is 0.248 e. The van der Waals surface area contributed by atoms with Crippen molar-refractivity contribution >= 4 is 89.9 Å². The summed E-state index contributed by atoms with van der Waals surface area (Å²) in [6, 6.07) is 46.9. The van der Waals surface area contributed by atoms with E-state index in [0.717, 1.165) is 6.42 Å². The van der Waals surface area contributed by atoms with E-state index in [1.807, 2.05) is 0 Å². The Balaban J connectivity index is 1.27. The van der Waals surface area contributed by atoms with Crippen LogP contribution in [0.15, 0.2) is 121 Å². The highest BCUT2D eigenvalue weighted by molar-refractivity contribution is 7.01. The second-order valence-corrected chi connectivity index (χ2v) is 13.6. The van der Waals surface area contributed by atoms with Gasteiger partial charge in [0.1, 0.15) is 0 Å². The Morgan fingerprint density at radius 1 is 0.444 bits per heavy atom. The average molecular weight is 565 g/mol. The molecular weight excluding hydrogens is 540 g/mol. The first-order valence-electron chi connectivity index (χ1n) is 16.2. The van der Waals surface area contributed by atoms with Gasteiger partial charge in [0.25, 0.3) is 0 Å². The molecule has 4 aliphatic heterocycles. The fraction of sp³-hybridized carbons (Fsp3) is 0.0476. The molecule has 45 heavy (non-hydrogen) atoms. The molecule has 0 unspecified atom stereocenters. The van der Waals surface area contributed by atoms with Gasteiger partial charge in [-0.2, -0.15) is 0 Å². The van der Waals surface area contributed by atoms with Gasteiger partial charge in [0.05, 0.1) is 0 Å². The Kier molecular flexibility index (Phi) is 3.95. The number of fused-ring (bicyclic) bond motifs is 8. The zero-order valence-corrected chi connectivity index (χ0v) is 24.9. The van der Waals surface area contributed by atoms with E-state index < -0.39 is 0 Å². The summed E-state index contributed by atoms with van der Waals surface area (Å²) in [4.78, 5) is 2.39. The third-order valence-electron chi connectivity index (χ3n) is 11.7. The van der Waals surface area contributed by atoms with Crippen molar-refractivity contribution in [1.82, 2.24) is 0 Å². The van der Waals surface area contributed by atoms with Crippen LogP contribution in [0.4, 0.5) is 11.4 Å². The molecule has 0 amide bonds. The summed E-state index contributed by atoms with van der Waals surface area (Å²) in [7, 11) is 2.23. The number of benzene rings is 8. The summed E-state index contributed by atoms with van der Waals surface area (Å²) in [5, 5.41) is 8.52. The van der Waals surface area contributed by atoms with Gasteiger partial charge in [-0.3, -0.25) is 0 Å². The lowest BCUT2D eigenvalue weighted by atomic mass is 9.30. The molecule has 0 fully saturated rings. The van der Waals surface area contributed by atoms with E-state index in [9.17, 15) is 0 Å². The molecule has 0 N–H and O–H groups in total. The van der Waals surface area contributed by atoms with E-state index in [2.05, 4.69) is 133 Å². The second-order valence-electron chi connectivity index (χ2n) is 13.6. The van der Waals surface area contributed by atoms with Gasteiger partial charge in [0.2, 0.25) is 13.4 Å². The lowest BCUT2D eigenvalue weighted by Crippen LogP contribution is -2.60. The fourth-order valence-electron chi connectivity index (χ4n) is 10.0.